The normalized spacial score (nSPS) is 18.1. The summed E-state index contributed by atoms with van der Waals surface area (Å²) in [7, 11) is 0. The number of carbonyl (C=O) groups excluding carboxylic acids is 1. The molecule has 1 amide bonds. The molecule has 0 spiro atoms. The second-order valence-corrected chi connectivity index (χ2v) is 5.51. The van der Waals surface area contributed by atoms with Crippen LogP contribution in [0.1, 0.15) is 37.0 Å². The SMILES string of the molecule is CCN(CC)c1ccc(C(=O)N2CCC[C@@H](C(=O)O)C2)cn1. The van der Waals surface area contributed by atoms with Crippen LogP contribution in [0.5, 0.6) is 0 Å². The number of aromatic nitrogens is 1. The van der Waals surface area contributed by atoms with Gasteiger partial charge in [-0.2, -0.15) is 0 Å². The minimum Gasteiger partial charge on any atom is -0.481 e. The van der Waals surface area contributed by atoms with Gasteiger partial charge >= 0.3 is 5.97 Å². The maximum absolute atomic E-state index is 12.5. The molecule has 6 heteroatoms. The zero-order valence-corrected chi connectivity index (χ0v) is 13.2. The van der Waals surface area contributed by atoms with Crippen molar-refractivity contribution >= 4 is 17.7 Å². The second-order valence-electron chi connectivity index (χ2n) is 5.51. The third-order valence-corrected chi connectivity index (χ3v) is 4.14. The Labute approximate surface area is 130 Å². The molecule has 2 heterocycles. The molecule has 22 heavy (non-hydrogen) atoms. The van der Waals surface area contributed by atoms with Crippen LogP contribution in [-0.4, -0.2) is 53.0 Å². The Morgan fingerprint density at radius 1 is 1.36 bits per heavy atom. The largest absolute Gasteiger partial charge is 0.481 e. The minimum absolute atomic E-state index is 0.135. The van der Waals surface area contributed by atoms with Crippen molar-refractivity contribution in [2.24, 2.45) is 5.92 Å². The number of hydrogen-bond acceptors (Lipinski definition) is 4. The fourth-order valence-corrected chi connectivity index (χ4v) is 2.79. The van der Waals surface area contributed by atoms with Gasteiger partial charge in [-0.05, 0) is 38.8 Å². The number of nitrogens with zero attached hydrogens (tertiary/aromatic N) is 3. The molecule has 1 saturated heterocycles. The lowest BCUT2D eigenvalue weighted by molar-refractivity contribution is -0.143. The van der Waals surface area contributed by atoms with E-state index in [-0.39, 0.29) is 12.5 Å². The van der Waals surface area contributed by atoms with E-state index in [1.165, 1.54) is 0 Å². The van der Waals surface area contributed by atoms with Gasteiger partial charge in [-0.15, -0.1) is 0 Å². The van der Waals surface area contributed by atoms with E-state index in [4.69, 9.17) is 5.11 Å². The number of hydrogen-bond donors (Lipinski definition) is 1. The second kappa shape index (κ2) is 7.24. The predicted molar refractivity (Wildman–Crippen MR) is 84.1 cm³/mol. The van der Waals surface area contributed by atoms with Gasteiger partial charge in [0.2, 0.25) is 0 Å². The van der Waals surface area contributed by atoms with Gasteiger partial charge < -0.3 is 14.9 Å². The Bertz CT molecular complexity index is 526. The lowest BCUT2D eigenvalue weighted by Gasteiger charge is -2.30. The average molecular weight is 305 g/mol. The van der Waals surface area contributed by atoms with E-state index < -0.39 is 11.9 Å². The molecule has 6 nitrogen and oxygen atoms in total. The molecule has 0 saturated carbocycles. The molecule has 1 aromatic rings. The van der Waals surface area contributed by atoms with Crippen molar-refractivity contribution in [2.45, 2.75) is 26.7 Å². The van der Waals surface area contributed by atoms with E-state index in [1.54, 1.807) is 17.2 Å². The summed E-state index contributed by atoms with van der Waals surface area (Å²) in [6.07, 6.45) is 2.95. The molecule has 1 N–H and O–H groups in total. The number of aliphatic carboxylic acids is 1. The summed E-state index contributed by atoms with van der Waals surface area (Å²) in [5.41, 5.74) is 0.516. The highest BCUT2D eigenvalue weighted by Crippen LogP contribution is 2.19. The summed E-state index contributed by atoms with van der Waals surface area (Å²) >= 11 is 0. The van der Waals surface area contributed by atoms with Crippen LogP contribution in [0.2, 0.25) is 0 Å². The summed E-state index contributed by atoms with van der Waals surface area (Å²) in [5, 5.41) is 9.10. The Hall–Kier alpha value is -2.11. The summed E-state index contributed by atoms with van der Waals surface area (Å²) in [5.74, 6) is -0.568. The third kappa shape index (κ3) is 3.55. The summed E-state index contributed by atoms with van der Waals surface area (Å²) in [4.78, 5) is 31.6. The molecule has 1 atom stereocenters. The third-order valence-electron chi connectivity index (χ3n) is 4.14. The molecular weight excluding hydrogens is 282 g/mol. The van der Waals surface area contributed by atoms with Crippen LogP contribution in [0.3, 0.4) is 0 Å². The lowest BCUT2D eigenvalue weighted by atomic mass is 9.98. The van der Waals surface area contributed by atoms with E-state index >= 15 is 0 Å². The van der Waals surface area contributed by atoms with E-state index in [9.17, 15) is 9.59 Å². The quantitative estimate of drug-likeness (QED) is 0.899. The topological polar surface area (TPSA) is 73.7 Å². The highest BCUT2D eigenvalue weighted by Gasteiger charge is 2.28. The van der Waals surface area contributed by atoms with Crippen molar-refractivity contribution in [3.05, 3.63) is 23.9 Å². The van der Waals surface area contributed by atoms with Crippen LogP contribution in [0.15, 0.2) is 18.3 Å². The fourth-order valence-electron chi connectivity index (χ4n) is 2.79. The first-order chi connectivity index (χ1) is 10.6. The van der Waals surface area contributed by atoms with Crippen molar-refractivity contribution in [1.82, 2.24) is 9.88 Å². The lowest BCUT2D eigenvalue weighted by Crippen LogP contribution is -2.42. The van der Waals surface area contributed by atoms with E-state index in [0.29, 0.717) is 18.5 Å². The van der Waals surface area contributed by atoms with Gasteiger partial charge in [0.25, 0.3) is 5.91 Å². The van der Waals surface area contributed by atoms with Gasteiger partial charge in [0, 0.05) is 32.4 Å². The smallest absolute Gasteiger partial charge is 0.308 e. The first-order valence-corrected chi connectivity index (χ1v) is 7.79. The van der Waals surface area contributed by atoms with Crippen LogP contribution in [0, 0.1) is 5.92 Å². The van der Waals surface area contributed by atoms with Gasteiger partial charge in [-0.3, -0.25) is 9.59 Å². The summed E-state index contributed by atoms with van der Waals surface area (Å²) < 4.78 is 0. The van der Waals surface area contributed by atoms with Crippen molar-refractivity contribution in [1.29, 1.82) is 0 Å². The summed E-state index contributed by atoms with van der Waals surface area (Å²) in [6.45, 7) is 6.74. The molecule has 2 rings (SSSR count). The molecule has 1 aliphatic rings. The van der Waals surface area contributed by atoms with Crippen LogP contribution in [-0.2, 0) is 4.79 Å². The van der Waals surface area contributed by atoms with Gasteiger partial charge in [-0.25, -0.2) is 4.98 Å². The first kappa shape index (κ1) is 16.3. The van der Waals surface area contributed by atoms with E-state index in [1.807, 2.05) is 6.07 Å². The maximum Gasteiger partial charge on any atom is 0.308 e. The molecule has 1 fully saturated rings. The van der Waals surface area contributed by atoms with Gasteiger partial charge in [0.1, 0.15) is 5.82 Å². The van der Waals surface area contributed by atoms with Crippen molar-refractivity contribution in [2.75, 3.05) is 31.1 Å². The molecule has 0 aromatic carbocycles. The first-order valence-electron chi connectivity index (χ1n) is 7.79. The number of anilines is 1. The molecule has 1 aromatic heterocycles. The monoisotopic (exact) mass is 305 g/mol. The highest BCUT2D eigenvalue weighted by atomic mass is 16.4. The Morgan fingerprint density at radius 2 is 2.09 bits per heavy atom. The molecule has 120 valence electrons. The number of rotatable bonds is 5. The molecular formula is C16H23N3O3. The van der Waals surface area contributed by atoms with Gasteiger partial charge in [0.15, 0.2) is 0 Å². The van der Waals surface area contributed by atoms with Crippen LogP contribution < -0.4 is 4.90 Å². The van der Waals surface area contributed by atoms with Gasteiger partial charge in [-0.1, -0.05) is 0 Å². The number of amides is 1. The predicted octanol–water partition coefficient (Wildman–Crippen LogP) is 1.86. The molecule has 0 radical (unpaired) electrons. The zero-order chi connectivity index (χ0) is 16.1. The highest BCUT2D eigenvalue weighted by molar-refractivity contribution is 5.94. The minimum atomic E-state index is -0.826. The summed E-state index contributed by atoms with van der Waals surface area (Å²) in [6, 6.07) is 3.62. The fraction of sp³-hybridized carbons (Fsp3) is 0.562. The molecule has 0 aliphatic carbocycles. The number of carboxylic acid groups (broad SMARTS) is 1. The van der Waals surface area contributed by atoms with Crippen molar-refractivity contribution in [3.63, 3.8) is 0 Å². The Kier molecular flexibility index (Phi) is 5.35. The average Bonchev–Trinajstić information content (AvgIpc) is 2.56. The van der Waals surface area contributed by atoms with Crippen LogP contribution in [0.4, 0.5) is 5.82 Å². The number of piperidine rings is 1. The maximum atomic E-state index is 12.5. The Balaban J connectivity index is 2.07. The molecule has 0 unspecified atom stereocenters. The Morgan fingerprint density at radius 3 is 2.64 bits per heavy atom. The molecule has 1 aliphatic heterocycles. The van der Waals surface area contributed by atoms with Crippen LogP contribution >= 0.6 is 0 Å². The van der Waals surface area contributed by atoms with Gasteiger partial charge in [0.05, 0.1) is 11.5 Å². The van der Waals surface area contributed by atoms with E-state index in [0.717, 1.165) is 25.3 Å². The molecule has 0 bridgehead atoms. The number of pyridine rings is 1. The van der Waals surface area contributed by atoms with Crippen molar-refractivity contribution < 1.29 is 14.7 Å². The van der Waals surface area contributed by atoms with Crippen molar-refractivity contribution in [3.8, 4) is 0 Å². The number of carboxylic acids is 1. The zero-order valence-electron chi connectivity index (χ0n) is 13.2. The number of carbonyl (C=O) groups is 2. The van der Waals surface area contributed by atoms with Crippen LogP contribution in [0.25, 0.3) is 0 Å². The standard InChI is InChI=1S/C16H23N3O3/c1-3-18(4-2)14-8-7-12(10-17-14)15(20)19-9-5-6-13(11-19)16(21)22/h7-8,10,13H,3-6,9,11H2,1-2H3,(H,21,22)/t13-/m1/s1. The number of likely N-dealkylation sites (tertiary alicyclic amines) is 1. The van der Waals surface area contributed by atoms with E-state index in [2.05, 4.69) is 23.7 Å².